The number of aliphatic hydroxyl groups is 1. The Hall–Kier alpha value is -2.12. The van der Waals surface area contributed by atoms with Crippen LogP contribution < -0.4 is 0 Å². The van der Waals surface area contributed by atoms with Gasteiger partial charge < -0.3 is 5.11 Å². The summed E-state index contributed by atoms with van der Waals surface area (Å²) in [4.78, 5) is 0. The Labute approximate surface area is 152 Å². The Morgan fingerprint density at radius 1 is 0.680 bits per heavy atom. The molecule has 1 heteroatoms. The summed E-state index contributed by atoms with van der Waals surface area (Å²) in [5.74, 6) is 1.22. The van der Waals surface area contributed by atoms with Gasteiger partial charge in [0, 0.05) is 0 Å². The molecule has 1 nitrogen and oxygen atoms in total. The van der Waals surface area contributed by atoms with Gasteiger partial charge in [0.25, 0.3) is 0 Å². The Morgan fingerprint density at radius 3 is 1.76 bits per heavy atom. The van der Waals surface area contributed by atoms with Gasteiger partial charge in [-0.15, -0.1) is 0 Å². The fourth-order valence-electron chi connectivity index (χ4n) is 2.72. The van der Waals surface area contributed by atoms with E-state index < -0.39 is 0 Å². The number of aryl methyl sites for hydroxylation is 1. The average molecular weight is 335 g/mol. The molecule has 0 saturated heterocycles. The van der Waals surface area contributed by atoms with E-state index in [1.807, 2.05) is 12.1 Å². The van der Waals surface area contributed by atoms with Gasteiger partial charge in [0.15, 0.2) is 0 Å². The molecule has 0 atom stereocenters. The summed E-state index contributed by atoms with van der Waals surface area (Å²) in [6.07, 6.45) is 0. The molecule has 0 heterocycles. The van der Waals surface area contributed by atoms with E-state index in [4.69, 9.17) is 5.11 Å². The van der Waals surface area contributed by atoms with E-state index in [0.29, 0.717) is 11.8 Å². The molecule has 0 spiro atoms. The molecule has 0 unspecified atom stereocenters. The van der Waals surface area contributed by atoms with Crippen LogP contribution in [-0.2, 0) is 6.61 Å². The van der Waals surface area contributed by atoms with Crippen molar-refractivity contribution in [2.45, 2.75) is 53.1 Å². The first-order chi connectivity index (χ1) is 11.9. The van der Waals surface area contributed by atoms with Crippen LogP contribution in [0.3, 0.4) is 0 Å². The molecule has 132 valence electrons. The van der Waals surface area contributed by atoms with Crippen molar-refractivity contribution in [1.29, 1.82) is 0 Å². The van der Waals surface area contributed by atoms with Crippen LogP contribution in [0.25, 0.3) is 10.8 Å². The third-order valence-electron chi connectivity index (χ3n) is 4.52. The topological polar surface area (TPSA) is 20.2 Å². The van der Waals surface area contributed by atoms with E-state index in [0.717, 1.165) is 5.56 Å². The summed E-state index contributed by atoms with van der Waals surface area (Å²) in [6, 6.07) is 21.3. The lowest BCUT2D eigenvalue weighted by molar-refractivity contribution is 0.282. The van der Waals surface area contributed by atoms with Gasteiger partial charge >= 0.3 is 0 Å². The molecule has 25 heavy (non-hydrogen) atoms. The first-order valence-corrected chi connectivity index (χ1v) is 9.10. The lowest BCUT2D eigenvalue weighted by Gasteiger charge is -2.07. The Kier molecular flexibility index (Phi) is 6.78. The second kappa shape index (κ2) is 8.82. The third kappa shape index (κ3) is 5.44. The summed E-state index contributed by atoms with van der Waals surface area (Å²) in [7, 11) is 0. The quantitative estimate of drug-likeness (QED) is 0.574. The second-order valence-electron chi connectivity index (χ2n) is 7.32. The van der Waals surface area contributed by atoms with E-state index in [1.54, 1.807) is 0 Å². The Morgan fingerprint density at radius 2 is 1.20 bits per heavy atom. The fraction of sp³-hybridized carbons (Fsp3) is 0.333. The molecule has 0 aliphatic rings. The normalized spacial score (nSPS) is 10.9. The highest BCUT2D eigenvalue weighted by atomic mass is 16.3. The summed E-state index contributed by atoms with van der Waals surface area (Å²) in [5.41, 5.74) is 5.09. The number of aliphatic hydroxyl groups excluding tert-OH is 1. The minimum Gasteiger partial charge on any atom is -0.392 e. The molecule has 0 fully saturated rings. The lowest BCUT2D eigenvalue weighted by atomic mass is 9.98. The number of fused-ring (bicyclic) bond motifs is 1. The number of hydrogen-bond donors (Lipinski definition) is 1. The molecule has 1 N–H and O–H groups in total. The molecule has 0 bridgehead atoms. The van der Waals surface area contributed by atoms with Gasteiger partial charge in [-0.2, -0.15) is 0 Å². The van der Waals surface area contributed by atoms with Crippen molar-refractivity contribution in [2.75, 3.05) is 0 Å². The maximum atomic E-state index is 9.04. The minimum atomic E-state index is 0.113. The van der Waals surface area contributed by atoms with Gasteiger partial charge in [0.05, 0.1) is 6.61 Å². The molecule has 0 aliphatic carbocycles. The van der Waals surface area contributed by atoms with Gasteiger partial charge in [-0.05, 0) is 52.3 Å². The van der Waals surface area contributed by atoms with Crippen molar-refractivity contribution in [2.24, 2.45) is 0 Å². The van der Waals surface area contributed by atoms with Crippen molar-refractivity contribution in [1.82, 2.24) is 0 Å². The lowest BCUT2D eigenvalue weighted by Crippen LogP contribution is -1.88. The van der Waals surface area contributed by atoms with E-state index in [-0.39, 0.29) is 6.61 Å². The van der Waals surface area contributed by atoms with Crippen LogP contribution >= 0.6 is 0 Å². The van der Waals surface area contributed by atoms with Gasteiger partial charge in [-0.1, -0.05) is 87.9 Å². The number of benzene rings is 3. The monoisotopic (exact) mass is 334 g/mol. The molecule has 0 aromatic heterocycles. The minimum absolute atomic E-state index is 0.113. The molecule has 0 amide bonds. The van der Waals surface area contributed by atoms with Crippen molar-refractivity contribution in [3.8, 4) is 0 Å². The van der Waals surface area contributed by atoms with Crippen LogP contribution in [0.1, 0.15) is 61.8 Å². The van der Waals surface area contributed by atoms with E-state index in [9.17, 15) is 0 Å². The van der Waals surface area contributed by atoms with Crippen LogP contribution in [0.4, 0.5) is 0 Å². The van der Waals surface area contributed by atoms with Gasteiger partial charge in [0.2, 0.25) is 0 Å². The summed E-state index contributed by atoms with van der Waals surface area (Å²) in [5, 5.41) is 11.5. The van der Waals surface area contributed by atoms with Crippen LogP contribution in [0.15, 0.2) is 60.7 Å². The number of rotatable bonds is 3. The van der Waals surface area contributed by atoms with Gasteiger partial charge in [-0.3, -0.25) is 0 Å². The van der Waals surface area contributed by atoms with Gasteiger partial charge in [0.1, 0.15) is 0 Å². The Bertz CT molecular complexity index is 798. The summed E-state index contributed by atoms with van der Waals surface area (Å²) >= 11 is 0. The third-order valence-corrected chi connectivity index (χ3v) is 4.52. The molecule has 3 aromatic carbocycles. The van der Waals surface area contributed by atoms with Crippen molar-refractivity contribution >= 4 is 10.8 Å². The average Bonchev–Trinajstić information content (AvgIpc) is 2.61. The van der Waals surface area contributed by atoms with Gasteiger partial charge in [-0.25, -0.2) is 0 Å². The maximum Gasteiger partial charge on any atom is 0.0682 e. The SMILES string of the molecule is CC(C)c1ccc2cc(CO)ccc2c1.Cc1ccc(C(C)C)cc1. The summed E-state index contributed by atoms with van der Waals surface area (Å²) in [6.45, 7) is 11.0. The zero-order valence-corrected chi connectivity index (χ0v) is 16.1. The largest absolute Gasteiger partial charge is 0.392 e. The summed E-state index contributed by atoms with van der Waals surface area (Å²) < 4.78 is 0. The number of hydrogen-bond acceptors (Lipinski definition) is 1. The highest BCUT2D eigenvalue weighted by Gasteiger charge is 2.01. The molecule has 0 radical (unpaired) electrons. The van der Waals surface area contributed by atoms with Crippen molar-refractivity contribution in [3.63, 3.8) is 0 Å². The first-order valence-electron chi connectivity index (χ1n) is 9.10. The predicted molar refractivity (Wildman–Crippen MR) is 109 cm³/mol. The Balaban J connectivity index is 0.000000196. The zero-order valence-electron chi connectivity index (χ0n) is 16.1. The fourth-order valence-corrected chi connectivity index (χ4v) is 2.72. The standard InChI is InChI=1S/C14H16O.C10H14/c1-10(2)12-5-6-13-7-11(9-15)3-4-14(13)8-12;1-8(2)10-6-4-9(3)5-7-10/h3-8,10,15H,9H2,1-2H3;4-8H,1-3H3. The highest BCUT2D eigenvalue weighted by molar-refractivity contribution is 5.83. The van der Waals surface area contributed by atoms with Crippen LogP contribution in [0, 0.1) is 6.92 Å². The van der Waals surface area contributed by atoms with Crippen molar-refractivity contribution < 1.29 is 5.11 Å². The van der Waals surface area contributed by atoms with Crippen LogP contribution in [0.2, 0.25) is 0 Å². The van der Waals surface area contributed by atoms with Crippen LogP contribution in [0.5, 0.6) is 0 Å². The molecule has 0 saturated carbocycles. The van der Waals surface area contributed by atoms with E-state index in [1.165, 1.54) is 27.5 Å². The highest BCUT2D eigenvalue weighted by Crippen LogP contribution is 2.22. The molecular formula is C24H30O. The van der Waals surface area contributed by atoms with E-state index >= 15 is 0 Å². The first kappa shape index (κ1) is 19.2. The molecule has 3 aromatic rings. The molecular weight excluding hydrogens is 304 g/mol. The zero-order chi connectivity index (χ0) is 18.4. The van der Waals surface area contributed by atoms with Crippen molar-refractivity contribution in [3.05, 3.63) is 82.9 Å². The van der Waals surface area contributed by atoms with E-state index in [2.05, 4.69) is 83.1 Å². The second-order valence-corrected chi connectivity index (χ2v) is 7.32. The predicted octanol–water partition coefficient (Wildman–Crippen LogP) is 6.57. The smallest absolute Gasteiger partial charge is 0.0682 e. The maximum absolute atomic E-state index is 9.04. The van der Waals surface area contributed by atoms with Crippen LogP contribution in [-0.4, -0.2) is 5.11 Å². The molecule has 3 rings (SSSR count). The molecule has 0 aliphatic heterocycles.